The van der Waals surface area contributed by atoms with Crippen LogP contribution in [0.1, 0.15) is 42.9 Å². The van der Waals surface area contributed by atoms with Gasteiger partial charge < -0.3 is 0 Å². The molecule has 14 heavy (non-hydrogen) atoms. The highest BCUT2D eigenvalue weighted by atomic mass is 14.6. The van der Waals surface area contributed by atoms with Crippen molar-refractivity contribution in [3.63, 3.8) is 0 Å². The van der Waals surface area contributed by atoms with Crippen LogP contribution in [0.15, 0.2) is 23.2 Å². The van der Waals surface area contributed by atoms with E-state index >= 15 is 0 Å². The van der Waals surface area contributed by atoms with Gasteiger partial charge in [0, 0.05) is 13.3 Å². The van der Waals surface area contributed by atoms with Crippen molar-refractivity contribution in [2.24, 2.45) is 4.99 Å². The molecule has 1 unspecified atom stereocenters. The highest BCUT2D eigenvalue weighted by molar-refractivity contribution is 5.82. The molecule has 0 fully saturated rings. The molecule has 0 heterocycles. The molecule has 1 rings (SSSR count). The van der Waals surface area contributed by atoms with Crippen LogP contribution in [0.25, 0.3) is 0 Å². The van der Waals surface area contributed by atoms with Crippen LogP contribution in [0.5, 0.6) is 0 Å². The third-order valence-corrected chi connectivity index (χ3v) is 2.65. The van der Waals surface area contributed by atoms with Crippen LogP contribution >= 0.6 is 0 Å². The van der Waals surface area contributed by atoms with Crippen molar-refractivity contribution in [1.29, 1.82) is 0 Å². The van der Waals surface area contributed by atoms with Crippen LogP contribution in [0, 0.1) is 6.92 Å². The van der Waals surface area contributed by atoms with Gasteiger partial charge in [0.1, 0.15) is 0 Å². The van der Waals surface area contributed by atoms with Gasteiger partial charge in [0.2, 0.25) is 0 Å². The zero-order valence-corrected chi connectivity index (χ0v) is 9.54. The van der Waals surface area contributed by atoms with Gasteiger partial charge in [0.15, 0.2) is 0 Å². The van der Waals surface area contributed by atoms with Gasteiger partial charge in [-0.15, -0.1) is 0 Å². The number of aliphatic imine (C=N–C) groups is 1. The van der Waals surface area contributed by atoms with Gasteiger partial charge in [-0.3, -0.25) is 4.99 Å². The lowest BCUT2D eigenvalue weighted by molar-refractivity contribution is 0.732. The van der Waals surface area contributed by atoms with E-state index in [0.717, 1.165) is 0 Å². The normalized spacial score (nSPS) is 13.4. The average molecular weight is 189 g/mol. The van der Waals surface area contributed by atoms with Crippen LogP contribution in [0.2, 0.25) is 0 Å². The van der Waals surface area contributed by atoms with Gasteiger partial charge in [0.05, 0.1) is 0 Å². The second-order valence-corrected chi connectivity index (χ2v) is 3.83. The molecular weight excluding hydrogens is 170 g/mol. The third kappa shape index (κ3) is 2.44. The summed E-state index contributed by atoms with van der Waals surface area (Å²) in [5.41, 5.74) is 3.97. The minimum Gasteiger partial charge on any atom is -0.296 e. The summed E-state index contributed by atoms with van der Waals surface area (Å²) in [5.74, 6) is 0.614. The highest BCUT2D eigenvalue weighted by Crippen LogP contribution is 2.22. The van der Waals surface area contributed by atoms with Crippen LogP contribution in [-0.2, 0) is 0 Å². The third-order valence-electron chi connectivity index (χ3n) is 2.65. The summed E-state index contributed by atoms with van der Waals surface area (Å²) in [7, 11) is 1.82. The fourth-order valence-corrected chi connectivity index (χ4v) is 1.61. The smallest absolute Gasteiger partial charge is 0.0284 e. The van der Waals surface area contributed by atoms with Crippen LogP contribution < -0.4 is 0 Å². The van der Waals surface area contributed by atoms with Crippen molar-refractivity contribution >= 4 is 6.21 Å². The fourth-order valence-electron chi connectivity index (χ4n) is 1.61. The first kappa shape index (κ1) is 11.0. The van der Waals surface area contributed by atoms with E-state index in [1.54, 1.807) is 0 Å². The Kier molecular flexibility index (Phi) is 3.87. The Morgan fingerprint density at radius 2 is 2.14 bits per heavy atom. The molecule has 0 aliphatic carbocycles. The number of hydrogen-bond acceptors (Lipinski definition) is 1. The van der Waals surface area contributed by atoms with Crippen molar-refractivity contribution in [2.45, 2.75) is 33.1 Å². The maximum absolute atomic E-state index is 4.10. The van der Waals surface area contributed by atoms with Crippen molar-refractivity contribution in [3.05, 3.63) is 34.9 Å². The summed E-state index contributed by atoms with van der Waals surface area (Å²) in [6.45, 7) is 6.60. The monoisotopic (exact) mass is 189 g/mol. The molecule has 0 amide bonds. The van der Waals surface area contributed by atoms with Crippen LogP contribution in [-0.4, -0.2) is 13.3 Å². The second-order valence-electron chi connectivity index (χ2n) is 3.83. The van der Waals surface area contributed by atoms with Gasteiger partial charge >= 0.3 is 0 Å². The first-order chi connectivity index (χ1) is 6.69. The second kappa shape index (κ2) is 4.94. The number of benzene rings is 1. The average Bonchev–Trinajstić information content (AvgIpc) is 2.17. The maximum Gasteiger partial charge on any atom is 0.0284 e. The first-order valence-electron chi connectivity index (χ1n) is 5.21. The predicted molar refractivity (Wildman–Crippen MR) is 63.4 cm³/mol. The summed E-state index contributed by atoms with van der Waals surface area (Å²) in [6.07, 6.45) is 3.13. The molecule has 0 saturated carbocycles. The maximum atomic E-state index is 4.10. The van der Waals surface area contributed by atoms with Crippen LogP contribution in [0.3, 0.4) is 0 Å². The molecule has 0 aliphatic rings. The van der Waals surface area contributed by atoms with Crippen molar-refractivity contribution in [2.75, 3.05) is 7.05 Å². The van der Waals surface area contributed by atoms with Gasteiger partial charge in [-0.25, -0.2) is 0 Å². The molecule has 1 atom stereocenters. The van der Waals surface area contributed by atoms with Gasteiger partial charge in [-0.2, -0.15) is 0 Å². The molecule has 0 aromatic heterocycles. The van der Waals surface area contributed by atoms with Crippen molar-refractivity contribution in [1.82, 2.24) is 0 Å². The number of nitrogens with zero attached hydrogens (tertiary/aromatic N) is 1. The molecule has 1 heteroatoms. The Morgan fingerprint density at radius 3 is 2.71 bits per heavy atom. The number of hydrogen-bond donors (Lipinski definition) is 0. The Hall–Kier alpha value is -1.11. The quantitative estimate of drug-likeness (QED) is 0.645. The van der Waals surface area contributed by atoms with Gasteiger partial charge in [-0.05, 0) is 30.4 Å². The summed E-state index contributed by atoms with van der Waals surface area (Å²) < 4.78 is 0. The minimum absolute atomic E-state index is 0.614. The molecule has 0 radical (unpaired) electrons. The van der Waals surface area contributed by atoms with E-state index < -0.39 is 0 Å². The Labute approximate surface area is 86.9 Å². The topological polar surface area (TPSA) is 12.4 Å². The zero-order chi connectivity index (χ0) is 10.6. The molecule has 0 N–H and O–H groups in total. The highest BCUT2D eigenvalue weighted by Gasteiger charge is 2.07. The summed E-state index contributed by atoms with van der Waals surface area (Å²) >= 11 is 0. The van der Waals surface area contributed by atoms with E-state index in [1.165, 1.54) is 23.1 Å². The molecular formula is C13H19N. The van der Waals surface area contributed by atoms with Crippen LogP contribution in [0.4, 0.5) is 0 Å². The van der Waals surface area contributed by atoms with E-state index in [4.69, 9.17) is 0 Å². The number of rotatable bonds is 3. The van der Waals surface area contributed by atoms with Gasteiger partial charge in [-0.1, -0.05) is 37.6 Å². The lowest BCUT2D eigenvalue weighted by atomic mass is 9.93. The fraction of sp³-hybridized carbons (Fsp3) is 0.462. The van der Waals surface area contributed by atoms with E-state index in [0.29, 0.717) is 5.92 Å². The molecule has 0 bridgehead atoms. The Bertz CT molecular complexity index is 326. The molecule has 1 aromatic rings. The Morgan fingerprint density at radius 1 is 1.43 bits per heavy atom. The van der Waals surface area contributed by atoms with E-state index in [1.807, 2.05) is 13.3 Å². The molecule has 0 aliphatic heterocycles. The minimum atomic E-state index is 0.614. The summed E-state index contributed by atoms with van der Waals surface area (Å²) in [4.78, 5) is 4.10. The largest absolute Gasteiger partial charge is 0.296 e. The van der Waals surface area contributed by atoms with Crippen molar-refractivity contribution < 1.29 is 0 Å². The first-order valence-corrected chi connectivity index (χ1v) is 5.21. The Balaban J connectivity index is 3.14. The lowest BCUT2D eigenvalue weighted by Crippen LogP contribution is -1.98. The molecule has 1 aromatic carbocycles. The SMILES string of the molecule is CCC(C)c1ccc(C)cc1C=NC. The lowest BCUT2D eigenvalue weighted by Gasteiger charge is -2.12. The molecule has 0 saturated heterocycles. The van der Waals surface area contributed by atoms with E-state index in [2.05, 4.69) is 44.0 Å². The molecule has 1 nitrogen and oxygen atoms in total. The van der Waals surface area contributed by atoms with E-state index in [9.17, 15) is 0 Å². The number of aryl methyl sites for hydroxylation is 1. The van der Waals surface area contributed by atoms with Gasteiger partial charge in [0.25, 0.3) is 0 Å². The summed E-state index contributed by atoms with van der Waals surface area (Å²) in [5, 5.41) is 0. The molecule has 0 spiro atoms. The molecule has 76 valence electrons. The predicted octanol–water partition coefficient (Wildman–Crippen LogP) is 3.56. The van der Waals surface area contributed by atoms with Crippen molar-refractivity contribution in [3.8, 4) is 0 Å². The zero-order valence-electron chi connectivity index (χ0n) is 9.54. The van der Waals surface area contributed by atoms with E-state index in [-0.39, 0.29) is 0 Å². The standard InChI is InChI=1S/C13H19N/c1-5-11(3)13-7-6-10(2)8-12(13)9-14-4/h6-9,11H,5H2,1-4H3. The summed E-state index contributed by atoms with van der Waals surface area (Å²) in [6, 6.07) is 6.60.